The lowest BCUT2D eigenvalue weighted by Crippen LogP contribution is -2.43. The van der Waals surface area contributed by atoms with Crippen molar-refractivity contribution in [2.75, 3.05) is 44.3 Å². The summed E-state index contributed by atoms with van der Waals surface area (Å²) in [6.07, 6.45) is 1.38. The zero-order chi connectivity index (χ0) is 17.8. The van der Waals surface area contributed by atoms with E-state index in [1.807, 2.05) is 30.9 Å². The van der Waals surface area contributed by atoms with Gasteiger partial charge < -0.3 is 4.74 Å². The molecule has 1 saturated heterocycles. The van der Waals surface area contributed by atoms with Crippen LogP contribution in [0.2, 0.25) is 5.02 Å². The standard InChI is InChI=1S/C18H24ClN3O2S/c1-3-4-16(23)22(6-5-21-7-9-24-10-8-21)18-20-17-13(2)11-14(19)12-15(17)25-18/h11-12H,3-10H2,1-2H3. The van der Waals surface area contributed by atoms with Crippen LogP contribution in [0, 0.1) is 6.92 Å². The van der Waals surface area contributed by atoms with Crippen LogP contribution in [0.3, 0.4) is 0 Å². The molecule has 0 N–H and O–H groups in total. The third-order valence-corrected chi connectivity index (χ3v) is 5.62. The van der Waals surface area contributed by atoms with Crippen molar-refractivity contribution in [3.05, 3.63) is 22.7 Å². The second-order valence-electron chi connectivity index (χ2n) is 6.32. The van der Waals surface area contributed by atoms with Crippen molar-refractivity contribution in [2.24, 2.45) is 0 Å². The molecule has 0 unspecified atom stereocenters. The minimum atomic E-state index is 0.138. The Hall–Kier alpha value is -1.21. The number of aryl methyl sites for hydroxylation is 1. The summed E-state index contributed by atoms with van der Waals surface area (Å²) in [6, 6.07) is 3.84. The lowest BCUT2D eigenvalue weighted by Gasteiger charge is -2.29. The van der Waals surface area contributed by atoms with Crippen LogP contribution in [0.15, 0.2) is 12.1 Å². The van der Waals surface area contributed by atoms with Crippen molar-refractivity contribution in [1.82, 2.24) is 9.88 Å². The summed E-state index contributed by atoms with van der Waals surface area (Å²) >= 11 is 7.71. The fraction of sp³-hybridized carbons (Fsp3) is 0.556. The van der Waals surface area contributed by atoms with E-state index in [9.17, 15) is 4.79 Å². The predicted molar refractivity (Wildman–Crippen MR) is 104 cm³/mol. The van der Waals surface area contributed by atoms with Crippen LogP contribution < -0.4 is 4.90 Å². The van der Waals surface area contributed by atoms with E-state index < -0.39 is 0 Å². The molecule has 0 spiro atoms. The molecular formula is C18H24ClN3O2S. The maximum atomic E-state index is 12.7. The van der Waals surface area contributed by atoms with E-state index in [0.29, 0.717) is 18.0 Å². The molecule has 1 fully saturated rings. The minimum absolute atomic E-state index is 0.138. The van der Waals surface area contributed by atoms with Gasteiger partial charge >= 0.3 is 0 Å². The number of nitrogens with zero attached hydrogens (tertiary/aromatic N) is 3. The molecule has 1 aromatic heterocycles. The van der Waals surface area contributed by atoms with Crippen LogP contribution in [-0.4, -0.2) is 55.2 Å². The first kappa shape index (κ1) is 18.6. The van der Waals surface area contributed by atoms with Crippen molar-refractivity contribution in [3.63, 3.8) is 0 Å². The molecule has 3 rings (SSSR count). The Morgan fingerprint density at radius 1 is 1.40 bits per heavy atom. The molecule has 2 aromatic rings. The Kier molecular flexibility index (Phi) is 6.28. The van der Waals surface area contributed by atoms with Crippen LogP contribution in [0.5, 0.6) is 0 Å². The quantitative estimate of drug-likeness (QED) is 0.765. The fourth-order valence-corrected chi connectivity index (χ4v) is 4.46. The Balaban J connectivity index is 1.83. The summed E-state index contributed by atoms with van der Waals surface area (Å²) in [5.41, 5.74) is 1.98. The number of anilines is 1. The summed E-state index contributed by atoms with van der Waals surface area (Å²) in [5.74, 6) is 0.138. The number of carbonyl (C=O) groups is 1. The maximum absolute atomic E-state index is 12.7. The molecule has 0 atom stereocenters. The molecule has 5 nitrogen and oxygen atoms in total. The van der Waals surface area contributed by atoms with Gasteiger partial charge in [-0.25, -0.2) is 4.98 Å². The average Bonchev–Trinajstić information content (AvgIpc) is 3.00. The molecule has 0 radical (unpaired) electrons. The van der Waals surface area contributed by atoms with Gasteiger partial charge in [-0.3, -0.25) is 14.6 Å². The van der Waals surface area contributed by atoms with E-state index in [4.69, 9.17) is 21.3 Å². The van der Waals surface area contributed by atoms with Gasteiger partial charge in [0.05, 0.1) is 23.4 Å². The van der Waals surface area contributed by atoms with E-state index in [1.54, 1.807) is 11.3 Å². The Morgan fingerprint density at radius 2 is 2.16 bits per heavy atom. The van der Waals surface area contributed by atoms with E-state index in [0.717, 1.165) is 60.2 Å². The molecule has 7 heteroatoms. The van der Waals surface area contributed by atoms with Gasteiger partial charge in [-0.05, 0) is 31.0 Å². The zero-order valence-electron chi connectivity index (χ0n) is 14.8. The second-order valence-corrected chi connectivity index (χ2v) is 7.76. The normalized spacial score (nSPS) is 15.6. The number of amides is 1. The number of aromatic nitrogens is 1. The lowest BCUT2D eigenvalue weighted by atomic mass is 10.2. The first-order valence-corrected chi connectivity index (χ1v) is 9.95. The van der Waals surface area contributed by atoms with Crippen LogP contribution in [0.25, 0.3) is 10.2 Å². The van der Waals surface area contributed by atoms with E-state index in [2.05, 4.69) is 4.90 Å². The number of carbonyl (C=O) groups excluding carboxylic acids is 1. The van der Waals surface area contributed by atoms with Crippen LogP contribution in [-0.2, 0) is 9.53 Å². The van der Waals surface area contributed by atoms with Crippen molar-refractivity contribution in [1.29, 1.82) is 0 Å². The molecule has 1 aliphatic heterocycles. The number of hydrogen-bond acceptors (Lipinski definition) is 5. The molecular weight excluding hydrogens is 358 g/mol. The van der Waals surface area contributed by atoms with E-state index in [1.165, 1.54) is 0 Å². The summed E-state index contributed by atoms with van der Waals surface area (Å²) in [5, 5.41) is 1.48. The highest BCUT2D eigenvalue weighted by molar-refractivity contribution is 7.22. The van der Waals surface area contributed by atoms with Gasteiger partial charge in [0.2, 0.25) is 5.91 Å². The molecule has 0 aliphatic carbocycles. The van der Waals surface area contributed by atoms with Crippen LogP contribution >= 0.6 is 22.9 Å². The Morgan fingerprint density at radius 3 is 2.88 bits per heavy atom. The van der Waals surface area contributed by atoms with Crippen LogP contribution in [0.1, 0.15) is 25.3 Å². The number of fused-ring (bicyclic) bond motifs is 1. The SMILES string of the molecule is CCCC(=O)N(CCN1CCOCC1)c1nc2c(C)cc(Cl)cc2s1. The number of rotatable bonds is 6. The molecule has 2 heterocycles. The molecule has 1 amide bonds. The fourth-order valence-electron chi connectivity index (χ4n) is 3.00. The molecule has 0 bridgehead atoms. The van der Waals surface area contributed by atoms with Gasteiger partial charge in [0, 0.05) is 37.6 Å². The van der Waals surface area contributed by atoms with Gasteiger partial charge in [-0.1, -0.05) is 29.9 Å². The second kappa shape index (κ2) is 8.45. The molecule has 0 saturated carbocycles. The predicted octanol–water partition coefficient (Wildman–Crippen LogP) is 3.72. The van der Waals surface area contributed by atoms with Gasteiger partial charge in [0.1, 0.15) is 0 Å². The number of ether oxygens (including phenoxy) is 1. The topological polar surface area (TPSA) is 45.7 Å². The number of halogens is 1. The summed E-state index contributed by atoms with van der Waals surface area (Å²) in [7, 11) is 0. The van der Waals surface area contributed by atoms with Crippen LogP contribution in [0.4, 0.5) is 5.13 Å². The zero-order valence-corrected chi connectivity index (χ0v) is 16.3. The summed E-state index contributed by atoms with van der Waals surface area (Å²) in [4.78, 5) is 21.6. The Bertz CT molecular complexity index is 743. The highest BCUT2D eigenvalue weighted by atomic mass is 35.5. The summed E-state index contributed by atoms with van der Waals surface area (Å²) < 4.78 is 6.42. The minimum Gasteiger partial charge on any atom is -0.379 e. The van der Waals surface area contributed by atoms with Gasteiger partial charge in [-0.2, -0.15) is 0 Å². The molecule has 25 heavy (non-hydrogen) atoms. The number of benzene rings is 1. The third kappa shape index (κ3) is 4.50. The van der Waals surface area contributed by atoms with E-state index >= 15 is 0 Å². The lowest BCUT2D eigenvalue weighted by molar-refractivity contribution is -0.118. The van der Waals surface area contributed by atoms with Gasteiger partial charge in [-0.15, -0.1) is 0 Å². The molecule has 136 valence electrons. The number of hydrogen-bond donors (Lipinski definition) is 0. The van der Waals surface area contributed by atoms with E-state index in [-0.39, 0.29) is 5.91 Å². The van der Waals surface area contributed by atoms with Gasteiger partial charge in [0.25, 0.3) is 0 Å². The van der Waals surface area contributed by atoms with Crippen molar-refractivity contribution >= 4 is 44.2 Å². The smallest absolute Gasteiger partial charge is 0.228 e. The van der Waals surface area contributed by atoms with Crippen molar-refractivity contribution < 1.29 is 9.53 Å². The number of morpholine rings is 1. The monoisotopic (exact) mass is 381 g/mol. The largest absolute Gasteiger partial charge is 0.379 e. The first-order chi connectivity index (χ1) is 12.1. The Labute approximate surface area is 157 Å². The van der Waals surface area contributed by atoms with Crippen molar-refractivity contribution in [3.8, 4) is 0 Å². The molecule has 1 aromatic carbocycles. The maximum Gasteiger partial charge on any atom is 0.228 e. The highest BCUT2D eigenvalue weighted by Crippen LogP contribution is 2.33. The molecule has 1 aliphatic rings. The first-order valence-electron chi connectivity index (χ1n) is 8.75. The number of thiazole rings is 1. The highest BCUT2D eigenvalue weighted by Gasteiger charge is 2.21. The van der Waals surface area contributed by atoms with Gasteiger partial charge in [0.15, 0.2) is 5.13 Å². The third-order valence-electron chi connectivity index (χ3n) is 4.38. The van der Waals surface area contributed by atoms with Crippen molar-refractivity contribution in [2.45, 2.75) is 26.7 Å². The summed E-state index contributed by atoms with van der Waals surface area (Å²) in [6.45, 7) is 8.90. The average molecular weight is 382 g/mol.